The summed E-state index contributed by atoms with van der Waals surface area (Å²) >= 11 is 0. The van der Waals surface area contributed by atoms with Gasteiger partial charge in [0.25, 0.3) is 5.91 Å². The van der Waals surface area contributed by atoms with Crippen LogP contribution < -0.4 is 5.32 Å². The van der Waals surface area contributed by atoms with Gasteiger partial charge in [0.05, 0.1) is 0 Å². The average Bonchev–Trinajstić information content (AvgIpc) is 3.37. The van der Waals surface area contributed by atoms with Crippen molar-refractivity contribution in [3.05, 3.63) is 46.5 Å². The fourth-order valence-electron chi connectivity index (χ4n) is 4.32. The fraction of sp³-hybridized carbons (Fsp3) is 0.524. The number of benzene rings is 1. The summed E-state index contributed by atoms with van der Waals surface area (Å²) in [6.45, 7) is 6.47. The molecule has 27 heavy (non-hydrogen) atoms. The number of amides is 1. The highest BCUT2D eigenvalue weighted by atomic mass is 19.1. The summed E-state index contributed by atoms with van der Waals surface area (Å²) in [6.07, 6.45) is 4.55. The number of aromatic nitrogens is 2. The van der Waals surface area contributed by atoms with E-state index >= 15 is 0 Å². The van der Waals surface area contributed by atoms with Crippen LogP contribution in [0.1, 0.15) is 53.5 Å². The number of carbonyl (C=O) groups excluding carboxylic acids is 1. The van der Waals surface area contributed by atoms with E-state index in [1.807, 2.05) is 17.9 Å². The van der Waals surface area contributed by atoms with Crippen molar-refractivity contribution < 1.29 is 9.18 Å². The number of fused-ring (bicyclic) bond motifs is 1. The Bertz CT molecular complexity index is 854. The minimum atomic E-state index is -0.295. The van der Waals surface area contributed by atoms with Crippen molar-refractivity contribution in [1.82, 2.24) is 20.0 Å². The van der Waals surface area contributed by atoms with Crippen LogP contribution in [0, 0.1) is 12.7 Å². The predicted octanol–water partition coefficient (Wildman–Crippen LogP) is 3.02. The highest BCUT2D eigenvalue weighted by Gasteiger charge is 2.33. The van der Waals surface area contributed by atoms with Crippen LogP contribution >= 0.6 is 0 Å². The van der Waals surface area contributed by atoms with Crippen molar-refractivity contribution in [2.45, 2.75) is 52.0 Å². The van der Waals surface area contributed by atoms with E-state index in [0.717, 1.165) is 68.6 Å². The van der Waals surface area contributed by atoms with Crippen molar-refractivity contribution >= 4 is 5.91 Å². The van der Waals surface area contributed by atoms with Crippen LogP contribution in [-0.2, 0) is 12.8 Å². The van der Waals surface area contributed by atoms with E-state index in [0.29, 0.717) is 11.4 Å². The molecule has 1 fully saturated rings. The van der Waals surface area contributed by atoms with Gasteiger partial charge in [-0.05, 0) is 63.3 Å². The summed E-state index contributed by atoms with van der Waals surface area (Å²) in [5.74, 6) is -0.299. The second-order valence-electron chi connectivity index (χ2n) is 7.64. The molecule has 0 saturated carbocycles. The van der Waals surface area contributed by atoms with Crippen molar-refractivity contribution in [2.24, 2.45) is 0 Å². The standard InChI is InChI=1S/C21H27FN4O/c1-3-11-25(15-9-10-23-13-15)21(27)20-16-5-4-6-18(16)26(24-20)19-8-7-14(2)12-17(19)22/h7-8,12,15,23H,3-6,9-11,13H2,1-2H3. The lowest BCUT2D eigenvalue weighted by molar-refractivity contribution is 0.0684. The van der Waals surface area contributed by atoms with Crippen molar-refractivity contribution in [1.29, 1.82) is 0 Å². The quantitative estimate of drug-likeness (QED) is 0.880. The van der Waals surface area contributed by atoms with Gasteiger partial charge in [0, 0.05) is 30.4 Å². The second kappa shape index (κ2) is 7.43. The number of nitrogens with zero attached hydrogens (tertiary/aromatic N) is 3. The lowest BCUT2D eigenvalue weighted by atomic mass is 10.1. The highest BCUT2D eigenvalue weighted by molar-refractivity contribution is 5.94. The molecule has 1 aromatic carbocycles. The molecule has 1 atom stereocenters. The molecule has 6 heteroatoms. The lowest BCUT2D eigenvalue weighted by Crippen LogP contribution is -2.42. The number of nitrogens with one attached hydrogen (secondary N) is 1. The Hall–Kier alpha value is -2.21. The van der Waals surface area contributed by atoms with Gasteiger partial charge in [-0.1, -0.05) is 13.0 Å². The Labute approximate surface area is 159 Å². The molecule has 1 saturated heterocycles. The van der Waals surface area contributed by atoms with Gasteiger partial charge in [-0.25, -0.2) is 9.07 Å². The first-order chi connectivity index (χ1) is 13.1. The number of halogens is 1. The van der Waals surface area contributed by atoms with Crippen LogP contribution in [-0.4, -0.2) is 46.3 Å². The van der Waals surface area contributed by atoms with Crippen molar-refractivity contribution in [3.63, 3.8) is 0 Å². The maximum absolute atomic E-state index is 14.6. The van der Waals surface area contributed by atoms with Crippen molar-refractivity contribution in [2.75, 3.05) is 19.6 Å². The Balaban J connectivity index is 1.74. The van der Waals surface area contributed by atoms with Gasteiger partial charge in [-0.2, -0.15) is 5.10 Å². The summed E-state index contributed by atoms with van der Waals surface area (Å²) in [5.41, 5.74) is 3.82. The topological polar surface area (TPSA) is 50.2 Å². The summed E-state index contributed by atoms with van der Waals surface area (Å²) < 4.78 is 16.2. The summed E-state index contributed by atoms with van der Waals surface area (Å²) in [5, 5.41) is 7.98. The molecule has 1 N–H and O–H groups in total. The molecule has 0 radical (unpaired) electrons. The van der Waals surface area contributed by atoms with Crippen LogP contribution in [0.4, 0.5) is 4.39 Å². The molecule has 0 spiro atoms. The van der Waals surface area contributed by atoms with Gasteiger partial charge in [0.1, 0.15) is 11.5 Å². The summed E-state index contributed by atoms with van der Waals surface area (Å²) in [6, 6.07) is 5.38. The summed E-state index contributed by atoms with van der Waals surface area (Å²) in [7, 11) is 0. The molecule has 1 amide bonds. The molecule has 2 aromatic rings. The molecule has 1 aromatic heterocycles. The van der Waals surface area contributed by atoms with Gasteiger partial charge < -0.3 is 10.2 Å². The first kappa shape index (κ1) is 18.2. The molecule has 144 valence electrons. The van der Waals surface area contributed by atoms with E-state index in [4.69, 9.17) is 0 Å². The van der Waals surface area contributed by atoms with E-state index < -0.39 is 0 Å². The zero-order valence-electron chi connectivity index (χ0n) is 16.1. The van der Waals surface area contributed by atoms with E-state index in [-0.39, 0.29) is 17.8 Å². The molecule has 2 aliphatic rings. The van der Waals surface area contributed by atoms with Crippen LogP contribution in [0.3, 0.4) is 0 Å². The number of hydrogen-bond donors (Lipinski definition) is 1. The molecule has 1 aliphatic heterocycles. The first-order valence-electron chi connectivity index (χ1n) is 9.99. The second-order valence-corrected chi connectivity index (χ2v) is 7.64. The van der Waals surface area contributed by atoms with Gasteiger partial charge >= 0.3 is 0 Å². The number of aryl methyl sites for hydroxylation is 1. The third kappa shape index (κ3) is 3.27. The SMILES string of the molecule is CCCN(C(=O)c1nn(-c2ccc(C)cc2F)c2c1CCC2)C1CCNC1. The van der Waals surface area contributed by atoms with Gasteiger partial charge in [0.2, 0.25) is 0 Å². The maximum atomic E-state index is 14.6. The van der Waals surface area contributed by atoms with E-state index in [1.54, 1.807) is 10.7 Å². The van der Waals surface area contributed by atoms with E-state index in [9.17, 15) is 9.18 Å². The normalized spacial score (nSPS) is 18.7. The van der Waals surface area contributed by atoms with Crippen LogP contribution in [0.15, 0.2) is 18.2 Å². The van der Waals surface area contributed by atoms with Crippen LogP contribution in [0.25, 0.3) is 5.69 Å². The Morgan fingerprint density at radius 2 is 2.26 bits per heavy atom. The Morgan fingerprint density at radius 3 is 2.96 bits per heavy atom. The lowest BCUT2D eigenvalue weighted by Gasteiger charge is -2.27. The van der Waals surface area contributed by atoms with Gasteiger partial charge in [-0.15, -0.1) is 0 Å². The maximum Gasteiger partial charge on any atom is 0.274 e. The average molecular weight is 370 g/mol. The van der Waals surface area contributed by atoms with E-state index in [2.05, 4.69) is 17.3 Å². The first-order valence-corrected chi connectivity index (χ1v) is 9.99. The molecule has 1 unspecified atom stereocenters. The Morgan fingerprint density at radius 1 is 1.41 bits per heavy atom. The van der Waals surface area contributed by atoms with E-state index in [1.165, 1.54) is 6.07 Å². The largest absolute Gasteiger partial charge is 0.333 e. The highest BCUT2D eigenvalue weighted by Crippen LogP contribution is 2.30. The summed E-state index contributed by atoms with van der Waals surface area (Å²) in [4.78, 5) is 15.4. The molecule has 0 bridgehead atoms. The fourth-order valence-corrected chi connectivity index (χ4v) is 4.32. The number of hydrogen-bond acceptors (Lipinski definition) is 3. The van der Waals surface area contributed by atoms with Crippen molar-refractivity contribution in [3.8, 4) is 5.69 Å². The molecule has 2 heterocycles. The number of carbonyl (C=O) groups is 1. The molecular weight excluding hydrogens is 343 g/mol. The van der Waals surface area contributed by atoms with Gasteiger partial charge in [0.15, 0.2) is 5.69 Å². The van der Waals surface area contributed by atoms with Crippen LogP contribution in [0.2, 0.25) is 0 Å². The third-order valence-electron chi connectivity index (χ3n) is 5.66. The predicted molar refractivity (Wildman–Crippen MR) is 103 cm³/mol. The third-order valence-corrected chi connectivity index (χ3v) is 5.66. The molecular formula is C21H27FN4O. The zero-order valence-corrected chi connectivity index (χ0v) is 16.1. The minimum absolute atomic E-state index is 0.00466. The molecule has 4 rings (SSSR count). The van der Waals surface area contributed by atoms with Gasteiger partial charge in [-0.3, -0.25) is 4.79 Å². The zero-order chi connectivity index (χ0) is 19.0. The Kier molecular flexibility index (Phi) is 5.00. The molecule has 1 aliphatic carbocycles. The monoisotopic (exact) mass is 370 g/mol. The minimum Gasteiger partial charge on any atom is -0.333 e. The molecule has 5 nitrogen and oxygen atoms in total. The van der Waals surface area contributed by atoms with Crippen LogP contribution in [0.5, 0.6) is 0 Å². The smallest absolute Gasteiger partial charge is 0.274 e. The number of rotatable bonds is 5.